The molecule has 0 aliphatic heterocycles. The molecule has 0 heterocycles. The highest BCUT2D eigenvalue weighted by Gasteiger charge is 2.06. The minimum atomic E-state index is 0.431. The molecular weight excluding hydrogens is 178 g/mol. The standard InChI is InChI=1S/C6H13N.C3H6O2.C2H6/c7-6-4-2-1-3-5-6;1-2-5-3-4;1-2/h6H,1-5,7H2;3H,2H2,1H3;1-2H3. The first-order chi connectivity index (χ1) is 6.81. The molecule has 1 aliphatic rings. The molecule has 1 fully saturated rings. The molecule has 0 amide bonds. The summed E-state index contributed by atoms with van der Waals surface area (Å²) in [5, 5.41) is 0. The third kappa shape index (κ3) is 14.0. The molecule has 0 unspecified atom stereocenters. The van der Waals surface area contributed by atoms with Crippen molar-refractivity contribution in [2.24, 2.45) is 5.73 Å². The van der Waals surface area contributed by atoms with Crippen molar-refractivity contribution >= 4 is 6.47 Å². The summed E-state index contributed by atoms with van der Waals surface area (Å²) in [5.74, 6) is 0. The highest BCUT2D eigenvalue weighted by atomic mass is 16.5. The number of rotatable bonds is 2. The first-order valence-corrected chi connectivity index (χ1v) is 5.62. The van der Waals surface area contributed by atoms with Crippen LogP contribution in [0.1, 0.15) is 52.9 Å². The van der Waals surface area contributed by atoms with Gasteiger partial charge in [0.1, 0.15) is 0 Å². The van der Waals surface area contributed by atoms with Gasteiger partial charge in [-0.3, -0.25) is 4.79 Å². The molecule has 14 heavy (non-hydrogen) atoms. The van der Waals surface area contributed by atoms with E-state index < -0.39 is 0 Å². The summed E-state index contributed by atoms with van der Waals surface area (Å²) in [4.78, 5) is 9.18. The number of hydrogen-bond acceptors (Lipinski definition) is 3. The van der Waals surface area contributed by atoms with Gasteiger partial charge in [0.05, 0.1) is 6.61 Å². The van der Waals surface area contributed by atoms with Gasteiger partial charge < -0.3 is 10.5 Å². The lowest BCUT2D eigenvalue weighted by atomic mass is 9.97. The Morgan fingerprint density at radius 1 is 1.29 bits per heavy atom. The molecule has 1 rings (SSSR count). The van der Waals surface area contributed by atoms with Crippen molar-refractivity contribution < 1.29 is 9.53 Å². The summed E-state index contributed by atoms with van der Waals surface area (Å²) in [6, 6.07) is 0.536. The molecule has 86 valence electrons. The molecule has 3 nitrogen and oxygen atoms in total. The smallest absolute Gasteiger partial charge is 0.293 e. The van der Waals surface area contributed by atoms with Crippen molar-refractivity contribution in [2.75, 3.05) is 6.61 Å². The molecule has 1 aliphatic carbocycles. The summed E-state index contributed by atoms with van der Waals surface area (Å²) in [5.41, 5.74) is 5.63. The zero-order valence-corrected chi connectivity index (χ0v) is 9.79. The number of nitrogens with two attached hydrogens (primary N) is 1. The first kappa shape index (κ1) is 15.9. The SMILES string of the molecule is CC.CCOC=O.NC1CCCCC1. The van der Waals surface area contributed by atoms with Crippen LogP contribution in [0.5, 0.6) is 0 Å². The third-order valence-corrected chi connectivity index (χ3v) is 1.88. The van der Waals surface area contributed by atoms with Gasteiger partial charge in [-0.2, -0.15) is 0 Å². The second kappa shape index (κ2) is 14.9. The zero-order valence-electron chi connectivity index (χ0n) is 9.79. The van der Waals surface area contributed by atoms with Crippen LogP contribution in [0.15, 0.2) is 0 Å². The average molecular weight is 203 g/mol. The molecule has 0 radical (unpaired) electrons. The van der Waals surface area contributed by atoms with E-state index >= 15 is 0 Å². The van der Waals surface area contributed by atoms with Crippen LogP contribution in [0.4, 0.5) is 0 Å². The van der Waals surface area contributed by atoms with E-state index in [0.717, 1.165) is 0 Å². The van der Waals surface area contributed by atoms with Crippen LogP contribution in [0, 0.1) is 0 Å². The quantitative estimate of drug-likeness (QED) is 0.701. The molecule has 2 N–H and O–H groups in total. The van der Waals surface area contributed by atoms with Gasteiger partial charge >= 0.3 is 0 Å². The van der Waals surface area contributed by atoms with Crippen LogP contribution in [0.3, 0.4) is 0 Å². The van der Waals surface area contributed by atoms with Gasteiger partial charge in [-0.1, -0.05) is 33.1 Å². The second-order valence-corrected chi connectivity index (χ2v) is 2.95. The Morgan fingerprint density at radius 2 is 1.79 bits per heavy atom. The molecule has 3 heteroatoms. The molecule has 0 aromatic rings. The van der Waals surface area contributed by atoms with E-state index in [1.165, 1.54) is 32.1 Å². The zero-order chi connectivity index (χ0) is 11.2. The predicted molar refractivity (Wildman–Crippen MR) is 60.1 cm³/mol. The molecule has 0 bridgehead atoms. The van der Waals surface area contributed by atoms with E-state index in [-0.39, 0.29) is 0 Å². The lowest BCUT2D eigenvalue weighted by Crippen LogP contribution is -2.22. The first-order valence-electron chi connectivity index (χ1n) is 5.62. The molecule has 0 aromatic heterocycles. The van der Waals surface area contributed by atoms with E-state index in [0.29, 0.717) is 19.1 Å². The summed E-state index contributed by atoms with van der Waals surface area (Å²) >= 11 is 0. The van der Waals surface area contributed by atoms with Gasteiger partial charge in [-0.05, 0) is 19.8 Å². The summed E-state index contributed by atoms with van der Waals surface area (Å²) in [6.45, 7) is 6.66. The van der Waals surface area contributed by atoms with Crippen molar-refractivity contribution in [3.05, 3.63) is 0 Å². The van der Waals surface area contributed by atoms with E-state index in [9.17, 15) is 4.79 Å². The van der Waals surface area contributed by atoms with Crippen LogP contribution < -0.4 is 5.73 Å². The normalized spacial score (nSPS) is 15.4. The predicted octanol–water partition coefficient (Wildman–Crippen LogP) is 2.48. The summed E-state index contributed by atoms with van der Waals surface area (Å²) in [7, 11) is 0. The molecule has 0 aromatic carbocycles. The maximum atomic E-state index is 9.18. The third-order valence-electron chi connectivity index (χ3n) is 1.88. The second-order valence-electron chi connectivity index (χ2n) is 2.95. The Kier molecular flexibility index (Phi) is 16.9. The number of ether oxygens (including phenoxy) is 1. The van der Waals surface area contributed by atoms with Gasteiger partial charge in [0.2, 0.25) is 0 Å². The average Bonchev–Trinajstić information content (AvgIpc) is 2.24. The fourth-order valence-corrected chi connectivity index (χ4v) is 1.20. The Labute approximate surface area is 88.0 Å². The largest absolute Gasteiger partial charge is 0.468 e. The number of carbonyl (C=O) groups excluding carboxylic acids is 1. The summed E-state index contributed by atoms with van der Waals surface area (Å²) in [6.07, 6.45) is 6.66. The van der Waals surface area contributed by atoms with Crippen LogP contribution in [-0.2, 0) is 9.53 Å². The Bertz CT molecular complexity index is 101. The molecule has 1 saturated carbocycles. The topological polar surface area (TPSA) is 52.3 Å². The highest BCUT2D eigenvalue weighted by Crippen LogP contribution is 2.14. The fraction of sp³-hybridized carbons (Fsp3) is 0.909. The lowest BCUT2D eigenvalue weighted by molar-refractivity contribution is -0.128. The van der Waals surface area contributed by atoms with E-state index in [4.69, 9.17) is 5.73 Å². The highest BCUT2D eigenvalue weighted by molar-refractivity contribution is 5.36. The molecule has 0 spiro atoms. The molecule has 0 atom stereocenters. The van der Waals surface area contributed by atoms with E-state index in [2.05, 4.69) is 4.74 Å². The lowest BCUT2D eigenvalue weighted by Gasteiger charge is -2.15. The van der Waals surface area contributed by atoms with Crippen LogP contribution in [0.25, 0.3) is 0 Å². The molecule has 0 saturated heterocycles. The van der Waals surface area contributed by atoms with Crippen molar-refractivity contribution in [1.82, 2.24) is 0 Å². The minimum absolute atomic E-state index is 0.431. The Hall–Kier alpha value is -0.570. The molecular formula is C11H25NO2. The van der Waals surface area contributed by atoms with Crippen molar-refractivity contribution in [3.63, 3.8) is 0 Å². The van der Waals surface area contributed by atoms with Crippen LogP contribution in [-0.4, -0.2) is 19.1 Å². The van der Waals surface area contributed by atoms with Crippen molar-refractivity contribution in [3.8, 4) is 0 Å². The van der Waals surface area contributed by atoms with Crippen molar-refractivity contribution in [2.45, 2.75) is 58.9 Å². The van der Waals surface area contributed by atoms with Gasteiger partial charge in [0.15, 0.2) is 0 Å². The Morgan fingerprint density at radius 3 is 1.93 bits per heavy atom. The van der Waals surface area contributed by atoms with Gasteiger partial charge in [0.25, 0.3) is 6.47 Å². The van der Waals surface area contributed by atoms with Gasteiger partial charge in [-0.25, -0.2) is 0 Å². The monoisotopic (exact) mass is 203 g/mol. The van der Waals surface area contributed by atoms with Gasteiger partial charge in [-0.15, -0.1) is 0 Å². The van der Waals surface area contributed by atoms with Crippen LogP contribution >= 0.6 is 0 Å². The van der Waals surface area contributed by atoms with Crippen LogP contribution in [0.2, 0.25) is 0 Å². The number of carbonyl (C=O) groups is 1. The minimum Gasteiger partial charge on any atom is -0.468 e. The van der Waals surface area contributed by atoms with E-state index in [1.807, 2.05) is 13.8 Å². The Balaban J connectivity index is 0. The van der Waals surface area contributed by atoms with Crippen molar-refractivity contribution in [1.29, 1.82) is 0 Å². The fourth-order valence-electron chi connectivity index (χ4n) is 1.20. The van der Waals surface area contributed by atoms with E-state index in [1.54, 1.807) is 6.92 Å². The summed E-state index contributed by atoms with van der Waals surface area (Å²) < 4.78 is 4.15. The number of hydrogen-bond donors (Lipinski definition) is 1. The maximum absolute atomic E-state index is 9.18. The van der Waals surface area contributed by atoms with Gasteiger partial charge in [0, 0.05) is 6.04 Å². The maximum Gasteiger partial charge on any atom is 0.293 e.